The first-order chi connectivity index (χ1) is 11.3. The van der Waals surface area contributed by atoms with E-state index in [1.165, 1.54) is 5.39 Å². The Hall–Kier alpha value is -2.07. The highest BCUT2D eigenvalue weighted by Gasteiger charge is 2.22. The third-order valence-corrected chi connectivity index (χ3v) is 4.52. The van der Waals surface area contributed by atoms with Crippen molar-refractivity contribution in [2.75, 3.05) is 26.7 Å². The lowest BCUT2D eigenvalue weighted by molar-refractivity contribution is -0.131. The molecule has 1 aliphatic heterocycles. The van der Waals surface area contributed by atoms with Crippen molar-refractivity contribution >= 4 is 16.7 Å². The molecule has 0 aromatic heterocycles. The van der Waals surface area contributed by atoms with Gasteiger partial charge in [0.2, 0.25) is 5.91 Å². The van der Waals surface area contributed by atoms with Crippen molar-refractivity contribution in [3.63, 3.8) is 0 Å². The van der Waals surface area contributed by atoms with E-state index in [4.69, 9.17) is 4.74 Å². The third kappa shape index (κ3) is 3.82. The highest BCUT2D eigenvalue weighted by Crippen LogP contribution is 2.25. The first-order valence-corrected chi connectivity index (χ1v) is 8.32. The quantitative estimate of drug-likeness (QED) is 0.834. The minimum Gasteiger partial charge on any atom is -0.493 e. The zero-order valence-electron chi connectivity index (χ0n) is 13.6. The Morgan fingerprint density at radius 3 is 2.91 bits per heavy atom. The Balaban J connectivity index is 1.48. The Kier molecular flexibility index (Phi) is 5.13. The Morgan fingerprint density at radius 2 is 2.09 bits per heavy atom. The van der Waals surface area contributed by atoms with Crippen LogP contribution in [-0.2, 0) is 4.79 Å². The van der Waals surface area contributed by atoms with E-state index in [9.17, 15) is 4.79 Å². The number of ether oxygens (including phenoxy) is 1. The van der Waals surface area contributed by atoms with E-state index in [2.05, 4.69) is 23.5 Å². The lowest BCUT2D eigenvalue weighted by atomic mass is 10.1. The van der Waals surface area contributed by atoms with Crippen LogP contribution >= 0.6 is 0 Å². The second-order valence-corrected chi connectivity index (χ2v) is 6.08. The molecule has 1 amide bonds. The Morgan fingerprint density at radius 1 is 1.26 bits per heavy atom. The highest BCUT2D eigenvalue weighted by molar-refractivity contribution is 5.88. The summed E-state index contributed by atoms with van der Waals surface area (Å²) in [5.74, 6) is 1.10. The van der Waals surface area contributed by atoms with Crippen LogP contribution in [0.4, 0.5) is 0 Å². The van der Waals surface area contributed by atoms with Crippen molar-refractivity contribution in [3.8, 4) is 5.75 Å². The number of fused-ring (bicyclic) bond motifs is 1. The van der Waals surface area contributed by atoms with E-state index in [0.29, 0.717) is 19.1 Å². The molecule has 2 aromatic carbocycles. The van der Waals surface area contributed by atoms with Gasteiger partial charge in [0.25, 0.3) is 0 Å². The molecular weight excluding hydrogens is 288 g/mol. The molecule has 3 rings (SSSR count). The van der Waals surface area contributed by atoms with Gasteiger partial charge in [-0.15, -0.1) is 0 Å². The maximum Gasteiger partial charge on any atom is 0.222 e. The topological polar surface area (TPSA) is 41.6 Å². The van der Waals surface area contributed by atoms with Gasteiger partial charge in [0.05, 0.1) is 6.61 Å². The van der Waals surface area contributed by atoms with Crippen LogP contribution in [0.15, 0.2) is 42.5 Å². The minimum atomic E-state index is 0.209. The molecule has 0 radical (unpaired) electrons. The third-order valence-electron chi connectivity index (χ3n) is 4.52. The zero-order chi connectivity index (χ0) is 16.1. The molecule has 0 bridgehead atoms. The fourth-order valence-corrected chi connectivity index (χ4v) is 3.08. The summed E-state index contributed by atoms with van der Waals surface area (Å²) < 4.78 is 5.89. The van der Waals surface area contributed by atoms with E-state index in [1.54, 1.807) is 0 Å². The smallest absolute Gasteiger partial charge is 0.222 e. The molecule has 1 N–H and O–H groups in total. The summed E-state index contributed by atoms with van der Waals surface area (Å²) in [4.78, 5) is 14.1. The lowest BCUT2D eigenvalue weighted by Gasteiger charge is -2.23. The average molecular weight is 312 g/mol. The van der Waals surface area contributed by atoms with Crippen LogP contribution in [0.3, 0.4) is 0 Å². The Bertz CT molecular complexity index is 660. The summed E-state index contributed by atoms with van der Waals surface area (Å²) in [5.41, 5.74) is 0. The number of likely N-dealkylation sites (N-methyl/N-ethyl adjacent to an activating group) is 1. The van der Waals surface area contributed by atoms with E-state index in [1.807, 2.05) is 36.2 Å². The van der Waals surface area contributed by atoms with Gasteiger partial charge in [0.1, 0.15) is 5.75 Å². The summed E-state index contributed by atoms with van der Waals surface area (Å²) in [5, 5.41) is 5.59. The largest absolute Gasteiger partial charge is 0.493 e. The number of amides is 1. The number of nitrogens with one attached hydrogen (secondary N) is 1. The van der Waals surface area contributed by atoms with Crippen LogP contribution in [0.5, 0.6) is 5.75 Å². The molecular formula is C19H24N2O2. The first-order valence-electron chi connectivity index (χ1n) is 8.32. The first kappa shape index (κ1) is 15.8. The predicted molar refractivity (Wildman–Crippen MR) is 92.7 cm³/mol. The molecule has 1 aliphatic rings. The molecule has 4 heteroatoms. The van der Waals surface area contributed by atoms with Gasteiger partial charge in [-0.05, 0) is 30.8 Å². The average Bonchev–Trinajstić information content (AvgIpc) is 3.12. The molecule has 4 nitrogen and oxygen atoms in total. The number of rotatable bonds is 6. The predicted octanol–water partition coefficient (Wildman–Crippen LogP) is 2.82. The normalized spacial score (nSPS) is 17.3. The maximum absolute atomic E-state index is 12.2. The van der Waals surface area contributed by atoms with Crippen molar-refractivity contribution in [1.29, 1.82) is 0 Å². The number of carbonyl (C=O) groups excluding carboxylic acids is 1. The van der Waals surface area contributed by atoms with Crippen LogP contribution in [0.25, 0.3) is 10.8 Å². The van der Waals surface area contributed by atoms with E-state index < -0.39 is 0 Å². The summed E-state index contributed by atoms with van der Waals surface area (Å²) in [6.45, 7) is 2.48. The molecule has 1 atom stereocenters. The van der Waals surface area contributed by atoms with Gasteiger partial charge >= 0.3 is 0 Å². The van der Waals surface area contributed by atoms with Gasteiger partial charge in [-0.1, -0.05) is 36.4 Å². The number of benzene rings is 2. The molecule has 23 heavy (non-hydrogen) atoms. The monoisotopic (exact) mass is 312 g/mol. The molecule has 2 aromatic rings. The Labute approximate surface area is 137 Å². The van der Waals surface area contributed by atoms with E-state index in [0.717, 1.165) is 37.1 Å². The molecule has 0 aliphatic carbocycles. The van der Waals surface area contributed by atoms with Crippen molar-refractivity contribution < 1.29 is 9.53 Å². The fourth-order valence-electron chi connectivity index (χ4n) is 3.08. The van der Waals surface area contributed by atoms with E-state index in [-0.39, 0.29) is 5.91 Å². The highest BCUT2D eigenvalue weighted by atomic mass is 16.5. The number of carbonyl (C=O) groups is 1. The summed E-state index contributed by atoms with van der Waals surface area (Å²) in [6.07, 6.45) is 2.33. The van der Waals surface area contributed by atoms with Crippen molar-refractivity contribution in [2.45, 2.75) is 25.3 Å². The number of hydrogen-bond donors (Lipinski definition) is 1. The van der Waals surface area contributed by atoms with Crippen LogP contribution in [0, 0.1) is 0 Å². The molecule has 0 spiro atoms. The van der Waals surface area contributed by atoms with Crippen LogP contribution < -0.4 is 10.1 Å². The van der Waals surface area contributed by atoms with E-state index >= 15 is 0 Å². The van der Waals surface area contributed by atoms with Gasteiger partial charge in [-0.3, -0.25) is 4.79 Å². The SMILES string of the molecule is CN(C(=O)CCCOc1cccc2ccccc12)C1CCNC1. The van der Waals surface area contributed by atoms with Crippen molar-refractivity contribution in [2.24, 2.45) is 0 Å². The van der Waals surface area contributed by atoms with Crippen LogP contribution in [0.1, 0.15) is 19.3 Å². The second-order valence-electron chi connectivity index (χ2n) is 6.08. The van der Waals surface area contributed by atoms with Crippen LogP contribution in [0.2, 0.25) is 0 Å². The molecule has 122 valence electrons. The molecule has 1 fully saturated rings. The fraction of sp³-hybridized carbons (Fsp3) is 0.421. The molecule has 1 saturated heterocycles. The van der Waals surface area contributed by atoms with Gasteiger partial charge in [0.15, 0.2) is 0 Å². The molecule has 1 unspecified atom stereocenters. The summed E-state index contributed by atoms with van der Waals surface area (Å²) >= 11 is 0. The van der Waals surface area contributed by atoms with Gasteiger partial charge in [-0.25, -0.2) is 0 Å². The number of hydrogen-bond acceptors (Lipinski definition) is 3. The number of nitrogens with zero attached hydrogens (tertiary/aromatic N) is 1. The maximum atomic E-state index is 12.2. The second kappa shape index (κ2) is 7.47. The molecule has 1 heterocycles. The summed E-state index contributed by atoms with van der Waals surface area (Å²) in [7, 11) is 1.91. The standard InChI is InChI=1S/C19H24N2O2/c1-21(16-11-12-20-14-16)19(22)10-5-13-23-18-9-4-7-15-6-2-3-8-17(15)18/h2-4,6-9,16,20H,5,10-14H2,1H3. The van der Waals surface area contributed by atoms with Crippen LogP contribution in [-0.4, -0.2) is 43.6 Å². The van der Waals surface area contributed by atoms with Gasteiger partial charge < -0.3 is 15.0 Å². The molecule has 0 saturated carbocycles. The van der Waals surface area contributed by atoms with Crippen molar-refractivity contribution in [1.82, 2.24) is 10.2 Å². The van der Waals surface area contributed by atoms with Crippen molar-refractivity contribution in [3.05, 3.63) is 42.5 Å². The zero-order valence-corrected chi connectivity index (χ0v) is 13.6. The minimum absolute atomic E-state index is 0.209. The van der Waals surface area contributed by atoms with Gasteiger partial charge in [0, 0.05) is 31.4 Å². The lowest BCUT2D eigenvalue weighted by Crippen LogP contribution is -2.38. The van der Waals surface area contributed by atoms with Gasteiger partial charge in [-0.2, -0.15) is 0 Å². The summed E-state index contributed by atoms with van der Waals surface area (Å²) in [6, 6.07) is 14.6.